The second-order valence-electron chi connectivity index (χ2n) is 7.92. The molecule has 0 aliphatic heterocycles. The third-order valence-corrected chi connectivity index (χ3v) is 6.24. The van der Waals surface area contributed by atoms with E-state index < -0.39 is 0 Å². The minimum absolute atomic E-state index is 0.0759. The molecule has 0 spiro atoms. The Kier molecular flexibility index (Phi) is 4.84. The molecule has 1 aromatic rings. The Morgan fingerprint density at radius 1 is 1.33 bits per heavy atom. The largest absolute Gasteiger partial charge is 0.303 e. The zero-order valence-corrected chi connectivity index (χ0v) is 15.7. The maximum absolute atomic E-state index is 5.03. The van der Waals surface area contributed by atoms with Crippen LogP contribution in [0.1, 0.15) is 76.4 Å². The van der Waals surface area contributed by atoms with Crippen molar-refractivity contribution >= 4 is 11.3 Å². The molecular formula is C18H32N2S. The fraction of sp³-hybridized carbons (Fsp3) is 0.833. The number of rotatable bonds is 4. The van der Waals surface area contributed by atoms with E-state index in [1.807, 2.05) is 11.3 Å². The van der Waals surface area contributed by atoms with Crippen LogP contribution in [-0.4, -0.2) is 11.0 Å². The molecule has 1 fully saturated rings. The number of nitrogens with one attached hydrogen (secondary N) is 1. The number of nitrogens with zero attached hydrogens (tertiary/aromatic N) is 1. The first-order chi connectivity index (χ1) is 9.70. The summed E-state index contributed by atoms with van der Waals surface area (Å²) in [5.74, 6) is 0.624. The van der Waals surface area contributed by atoms with Crippen molar-refractivity contribution in [1.82, 2.24) is 10.3 Å². The zero-order valence-electron chi connectivity index (χ0n) is 14.8. The van der Waals surface area contributed by atoms with Crippen LogP contribution in [0.3, 0.4) is 0 Å². The second-order valence-corrected chi connectivity index (χ2v) is 9.12. The standard InChI is InChI=1S/C18H32N2S/c1-8-15-14(5)21-16(19-15)18(20-12(2)3)10-9-17(6,7)11-13(18)4/h12-13,20H,8-11H2,1-7H3. The minimum atomic E-state index is 0.0759. The molecule has 0 aromatic carbocycles. The first-order valence-corrected chi connectivity index (χ1v) is 9.26. The Balaban J connectivity index is 2.42. The molecule has 3 heteroatoms. The first-order valence-electron chi connectivity index (χ1n) is 8.44. The van der Waals surface area contributed by atoms with Gasteiger partial charge in [-0.05, 0) is 57.8 Å². The van der Waals surface area contributed by atoms with E-state index in [4.69, 9.17) is 4.98 Å². The molecule has 2 nitrogen and oxygen atoms in total. The minimum Gasteiger partial charge on any atom is -0.303 e. The van der Waals surface area contributed by atoms with E-state index in [1.54, 1.807) is 0 Å². The van der Waals surface area contributed by atoms with Gasteiger partial charge in [0.1, 0.15) is 5.01 Å². The lowest BCUT2D eigenvalue weighted by Crippen LogP contribution is -2.54. The van der Waals surface area contributed by atoms with Gasteiger partial charge in [-0.25, -0.2) is 4.98 Å². The van der Waals surface area contributed by atoms with Crippen molar-refractivity contribution < 1.29 is 0 Å². The van der Waals surface area contributed by atoms with E-state index >= 15 is 0 Å². The van der Waals surface area contributed by atoms with Gasteiger partial charge in [-0.2, -0.15) is 0 Å². The highest BCUT2D eigenvalue weighted by molar-refractivity contribution is 7.11. The quantitative estimate of drug-likeness (QED) is 0.841. The van der Waals surface area contributed by atoms with Crippen molar-refractivity contribution in [2.45, 2.75) is 85.7 Å². The van der Waals surface area contributed by atoms with E-state index in [1.165, 1.54) is 34.8 Å². The highest BCUT2D eigenvalue weighted by Gasteiger charge is 2.47. The molecule has 1 aromatic heterocycles. The summed E-state index contributed by atoms with van der Waals surface area (Å²) < 4.78 is 0. The molecule has 0 amide bonds. The number of thiazole rings is 1. The summed E-state index contributed by atoms with van der Waals surface area (Å²) in [5, 5.41) is 5.24. The maximum atomic E-state index is 5.03. The van der Waals surface area contributed by atoms with Crippen LogP contribution in [0.15, 0.2) is 0 Å². The van der Waals surface area contributed by atoms with Crippen molar-refractivity contribution in [2.24, 2.45) is 11.3 Å². The molecule has 120 valence electrons. The zero-order chi connectivity index (χ0) is 15.8. The fourth-order valence-corrected chi connectivity index (χ4v) is 5.24. The summed E-state index contributed by atoms with van der Waals surface area (Å²) in [7, 11) is 0. The third kappa shape index (κ3) is 3.34. The van der Waals surface area contributed by atoms with Gasteiger partial charge in [0, 0.05) is 10.9 Å². The topological polar surface area (TPSA) is 24.9 Å². The van der Waals surface area contributed by atoms with Gasteiger partial charge in [0.2, 0.25) is 0 Å². The fourth-order valence-electron chi connectivity index (χ4n) is 3.94. The number of hydrogen-bond donors (Lipinski definition) is 1. The van der Waals surface area contributed by atoms with Crippen LogP contribution in [-0.2, 0) is 12.0 Å². The van der Waals surface area contributed by atoms with Crippen molar-refractivity contribution in [2.75, 3.05) is 0 Å². The Labute approximate surface area is 134 Å². The molecule has 2 unspecified atom stereocenters. The van der Waals surface area contributed by atoms with Gasteiger partial charge < -0.3 is 5.32 Å². The van der Waals surface area contributed by atoms with Crippen LogP contribution in [0.2, 0.25) is 0 Å². The monoisotopic (exact) mass is 308 g/mol. The van der Waals surface area contributed by atoms with E-state index in [-0.39, 0.29) is 5.54 Å². The molecule has 21 heavy (non-hydrogen) atoms. The first kappa shape index (κ1) is 17.0. The Morgan fingerprint density at radius 3 is 2.48 bits per heavy atom. The van der Waals surface area contributed by atoms with Gasteiger partial charge in [0.15, 0.2) is 0 Å². The van der Waals surface area contributed by atoms with Gasteiger partial charge in [-0.1, -0.05) is 27.7 Å². The summed E-state index contributed by atoms with van der Waals surface area (Å²) in [5.41, 5.74) is 1.82. The molecule has 0 saturated heterocycles. The number of hydrogen-bond acceptors (Lipinski definition) is 3. The lowest BCUT2D eigenvalue weighted by atomic mass is 9.64. The number of aromatic nitrogens is 1. The summed E-state index contributed by atoms with van der Waals surface area (Å²) in [6.07, 6.45) is 4.79. The molecule has 2 atom stereocenters. The Hall–Kier alpha value is -0.410. The second kappa shape index (κ2) is 6.00. The molecule has 1 heterocycles. The highest BCUT2D eigenvalue weighted by atomic mass is 32.1. The van der Waals surface area contributed by atoms with Crippen LogP contribution < -0.4 is 5.32 Å². The highest BCUT2D eigenvalue weighted by Crippen LogP contribution is 2.50. The third-order valence-electron chi connectivity index (χ3n) is 5.05. The SMILES string of the molecule is CCc1nc(C2(NC(C)C)CCC(C)(C)CC2C)sc1C. The Bertz CT molecular complexity index is 489. The molecule has 1 saturated carbocycles. The number of aryl methyl sites for hydroxylation is 2. The smallest absolute Gasteiger partial charge is 0.114 e. The van der Waals surface area contributed by atoms with Crippen molar-refractivity contribution in [3.8, 4) is 0 Å². The van der Waals surface area contributed by atoms with Gasteiger partial charge in [0.25, 0.3) is 0 Å². The van der Waals surface area contributed by atoms with Crippen LogP contribution in [0.25, 0.3) is 0 Å². The van der Waals surface area contributed by atoms with Crippen molar-refractivity contribution in [3.05, 3.63) is 15.6 Å². The van der Waals surface area contributed by atoms with Gasteiger partial charge >= 0.3 is 0 Å². The molecule has 0 radical (unpaired) electrons. The predicted molar refractivity (Wildman–Crippen MR) is 93.0 cm³/mol. The van der Waals surface area contributed by atoms with Crippen LogP contribution >= 0.6 is 11.3 Å². The van der Waals surface area contributed by atoms with Gasteiger partial charge in [-0.3, -0.25) is 0 Å². The molecule has 2 rings (SSSR count). The molecular weight excluding hydrogens is 276 g/mol. The molecule has 1 aliphatic carbocycles. The predicted octanol–water partition coefficient (Wildman–Crippen LogP) is 5.05. The summed E-state index contributed by atoms with van der Waals surface area (Å²) in [6, 6.07) is 0.489. The molecule has 0 bridgehead atoms. The van der Waals surface area contributed by atoms with E-state index in [2.05, 4.69) is 53.8 Å². The van der Waals surface area contributed by atoms with E-state index in [9.17, 15) is 0 Å². The van der Waals surface area contributed by atoms with Gasteiger partial charge in [-0.15, -0.1) is 11.3 Å². The summed E-state index contributed by atoms with van der Waals surface area (Å²) in [4.78, 5) is 6.43. The van der Waals surface area contributed by atoms with Crippen molar-refractivity contribution in [3.63, 3.8) is 0 Å². The lowest BCUT2D eigenvalue weighted by molar-refractivity contribution is 0.0648. The average molecular weight is 309 g/mol. The van der Waals surface area contributed by atoms with Crippen LogP contribution in [0.5, 0.6) is 0 Å². The van der Waals surface area contributed by atoms with Crippen LogP contribution in [0.4, 0.5) is 0 Å². The summed E-state index contributed by atoms with van der Waals surface area (Å²) >= 11 is 1.92. The van der Waals surface area contributed by atoms with E-state index in [0.717, 1.165) is 6.42 Å². The average Bonchev–Trinajstić information content (AvgIpc) is 2.74. The van der Waals surface area contributed by atoms with E-state index in [0.29, 0.717) is 17.4 Å². The van der Waals surface area contributed by atoms with Gasteiger partial charge in [0.05, 0.1) is 11.2 Å². The summed E-state index contributed by atoms with van der Waals surface area (Å²) in [6.45, 7) is 16.2. The molecule has 1 N–H and O–H groups in total. The Morgan fingerprint density at radius 2 is 2.00 bits per heavy atom. The lowest BCUT2D eigenvalue weighted by Gasteiger charge is -2.49. The normalized spacial score (nSPS) is 29.0. The van der Waals surface area contributed by atoms with Crippen molar-refractivity contribution in [1.29, 1.82) is 0 Å². The van der Waals surface area contributed by atoms with Crippen LogP contribution in [0, 0.1) is 18.3 Å². The molecule has 1 aliphatic rings. The maximum Gasteiger partial charge on any atom is 0.114 e.